The molecule has 0 saturated heterocycles. The van der Waals surface area contributed by atoms with Crippen LogP contribution in [0.3, 0.4) is 0 Å². The van der Waals surface area contributed by atoms with Crippen LogP contribution in [0, 0.1) is 16.2 Å². The summed E-state index contributed by atoms with van der Waals surface area (Å²) in [5.41, 5.74) is -0.442. The molecule has 0 aliphatic heterocycles. The highest BCUT2D eigenvalue weighted by molar-refractivity contribution is 5.77. The lowest BCUT2D eigenvalue weighted by molar-refractivity contribution is -0.888. The van der Waals surface area contributed by atoms with Gasteiger partial charge < -0.3 is 4.74 Å². The molecule has 3 nitrogen and oxygen atoms in total. The molecule has 0 spiro atoms. The molecule has 1 atom stereocenters. The van der Waals surface area contributed by atoms with Gasteiger partial charge in [0.25, 0.3) is 0 Å². The summed E-state index contributed by atoms with van der Waals surface area (Å²) < 4.78 is 6.31. The predicted molar refractivity (Wildman–Crippen MR) is 89.9 cm³/mol. The van der Waals surface area contributed by atoms with Gasteiger partial charge in [-0.25, -0.2) is 0 Å². The average molecular weight is 301 g/mol. The van der Waals surface area contributed by atoms with Gasteiger partial charge in [-0.2, -0.15) is 0 Å². The number of nitrogens with zero attached hydrogens (tertiary/aromatic N) is 1. The van der Waals surface area contributed by atoms with E-state index in [9.17, 15) is 4.79 Å². The fourth-order valence-electron chi connectivity index (χ4n) is 2.96. The molecule has 0 heterocycles. The Morgan fingerprint density at radius 3 is 1.81 bits per heavy atom. The van der Waals surface area contributed by atoms with Crippen LogP contribution in [0.1, 0.15) is 67.7 Å². The van der Waals surface area contributed by atoms with Crippen molar-refractivity contribution < 1.29 is 14.0 Å². The summed E-state index contributed by atoms with van der Waals surface area (Å²) in [6.07, 6.45) is 2.94. The van der Waals surface area contributed by atoms with Crippen molar-refractivity contribution in [2.45, 2.75) is 67.7 Å². The Hall–Kier alpha value is -0.570. The van der Waals surface area contributed by atoms with Crippen LogP contribution in [0.5, 0.6) is 0 Å². The lowest BCUT2D eigenvalue weighted by Gasteiger charge is -2.45. The average Bonchev–Trinajstić information content (AvgIpc) is 2.21. The van der Waals surface area contributed by atoms with Crippen LogP contribution in [-0.2, 0) is 9.53 Å². The quantitative estimate of drug-likeness (QED) is 0.394. The number of rotatable bonds is 7. The van der Waals surface area contributed by atoms with E-state index in [4.69, 9.17) is 4.74 Å². The van der Waals surface area contributed by atoms with Gasteiger partial charge in [0.05, 0.1) is 26.6 Å². The Bertz CT molecular complexity index is 347. The first kappa shape index (κ1) is 20.4. The third kappa shape index (κ3) is 6.37. The number of hydrogen-bond donors (Lipinski definition) is 0. The first-order valence-electron chi connectivity index (χ1n) is 8.12. The second kappa shape index (κ2) is 6.68. The molecule has 0 N–H and O–H groups in total. The van der Waals surface area contributed by atoms with Crippen molar-refractivity contribution in [1.29, 1.82) is 0 Å². The van der Waals surface area contributed by atoms with Crippen molar-refractivity contribution in [1.82, 2.24) is 0 Å². The summed E-state index contributed by atoms with van der Waals surface area (Å²) in [5, 5.41) is 0. The van der Waals surface area contributed by atoms with Crippen molar-refractivity contribution >= 4 is 5.97 Å². The zero-order valence-electron chi connectivity index (χ0n) is 16.1. The van der Waals surface area contributed by atoms with E-state index < -0.39 is 5.41 Å². The van der Waals surface area contributed by atoms with Crippen LogP contribution in [0.2, 0.25) is 0 Å². The minimum absolute atomic E-state index is 0.0519. The third-order valence-corrected chi connectivity index (χ3v) is 4.29. The molecule has 0 fully saturated rings. The number of ether oxygens (including phenoxy) is 1. The molecule has 21 heavy (non-hydrogen) atoms. The number of carbonyl (C=O) groups excluding carboxylic acids is 1. The molecule has 0 aromatic heterocycles. The van der Waals surface area contributed by atoms with Crippen molar-refractivity contribution in [2.24, 2.45) is 16.2 Å². The Labute approximate surface area is 132 Å². The Morgan fingerprint density at radius 1 is 1.00 bits per heavy atom. The summed E-state index contributed by atoms with van der Waals surface area (Å²) in [6, 6.07) is 0. The highest BCUT2D eigenvalue weighted by atomic mass is 16.5. The highest BCUT2D eigenvalue weighted by Gasteiger charge is 2.49. The minimum Gasteiger partial charge on any atom is -0.415 e. The van der Waals surface area contributed by atoms with Crippen LogP contribution >= 0.6 is 0 Å². The van der Waals surface area contributed by atoms with Crippen LogP contribution in [0.25, 0.3) is 0 Å². The van der Waals surface area contributed by atoms with E-state index in [-0.39, 0.29) is 16.8 Å². The fourth-order valence-corrected chi connectivity index (χ4v) is 2.96. The molecule has 0 aliphatic rings. The first-order chi connectivity index (χ1) is 9.15. The molecule has 1 unspecified atom stereocenters. The summed E-state index contributed by atoms with van der Waals surface area (Å²) in [7, 11) is 6.10. The van der Waals surface area contributed by atoms with Gasteiger partial charge in [0.2, 0.25) is 6.73 Å². The lowest BCUT2D eigenvalue weighted by atomic mass is 9.59. The molecule has 0 rings (SSSR count). The van der Waals surface area contributed by atoms with E-state index in [1.807, 2.05) is 21.1 Å². The van der Waals surface area contributed by atoms with E-state index in [1.165, 1.54) is 0 Å². The summed E-state index contributed by atoms with van der Waals surface area (Å²) in [6.45, 7) is 15.7. The molecule has 3 heteroatoms. The second-order valence-corrected chi connectivity index (χ2v) is 9.55. The molecule has 0 bridgehead atoms. The number of quaternary nitrogens is 1. The molecular formula is C18H38NO2+. The second-order valence-electron chi connectivity index (χ2n) is 9.55. The summed E-state index contributed by atoms with van der Waals surface area (Å²) >= 11 is 0. The minimum atomic E-state index is -0.462. The molecule has 0 aliphatic carbocycles. The van der Waals surface area contributed by atoms with Gasteiger partial charge >= 0.3 is 5.97 Å². The van der Waals surface area contributed by atoms with Crippen molar-refractivity contribution in [2.75, 3.05) is 27.9 Å². The molecular weight excluding hydrogens is 262 g/mol. The van der Waals surface area contributed by atoms with E-state index in [0.29, 0.717) is 11.2 Å². The van der Waals surface area contributed by atoms with Crippen LogP contribution in [0.15, 0.2) is 0 Å². The predicted octanol–water partition coefficient (Wildman–Crippen LogP) is 4.46. The fraction of sp³-hybridized carbons (Fsp3) is 0.944. The largest absolute Gasteiger partial charge is 0.415 e. The van der Waals surface area contributed by atoms with Crippen molar-refractivity contribution in [3.63, 3.8) is 0 Å². The van der Waals surface area contributed by atoms with Gasteiger partial charge in [0, 0.05) is 0 Å². The SMILES string of the molecule is CCCC(C)(C)C(C)(CC(C)(C)C)C(=O)OC[N+](C)(C)C. The van der Waals surface area contributed by atoms with Gasteiger partial charge in [0.15, 0.2) is 0 Å². The van der Waals surface area contributed by atoms with Gasteiger partial charge in [-0.05, 0) is 30.6 Å². The monoisotopic (exact) mass is 300 g/mol. The maximum absolute atomic E-state index is 12.9. The van der Waals surface area contributed by atoms with Crippen molar-refractivity contribution in [3.8, 4) is 0 Å². The van der Waals surface area contributed by atoms with Crippen molar-refractivity contribution in [3.05, 3.63) is 0 Å². The third-order valence-electron chi connectivity index (χ3n) is 4.29. The molecule has 0 amide bonds. The normalized spacial score (nSPS) is 16.5. The summed E-state index contributed by atoms with van der Waals surface area (Å²) in [5.74, 6) is -0.0519. The molecule has 0 aromatic carbocycles. The van der Waals surface area contributed by atoms with Gasteiger partial charge in [-0.3, -0.25) is 9.28 Å². The zero-order valence-corrected chi connectivity index (χ0v) is 16.1. The molecule has 0 saturated carbocycles. The number of hydrogen-bond acceptors (Lipinski definition) is 2. The van der Waals surface area contributed by atoms with Crippen LogP contribution < -0.4 is 0 Å². The van der Waals surface area contributed by atoms with Gasteiger partial charge in [-0.15, -0.1) is 0 Å². The maximum Gasteiger partial charge on any atom is 0.316 e. The Kier molecular flexibility index (Phi) is 6.50. The first-order valence-corrected chi connectivity index (χ1v) is 8.12. The van der Waals surface area contributed by atoms with Crippen LogP contribution in [-0.4, -0.2) is 38.3 Å². The maximum atomic E-state index is 12.9. The van der Waals surface area contributed by atoms with Gasteiger partial charge in [-0.1, -0.05) is 48.0 Å². The zero-order chi connectivity index (χ0) is 17.1. The smallest absolute Gasteiger partial charge is 0.316 e. The highest BCUT2D eigenvalue weighted by Crippen LogP contribution is 2.50. The van der Waals surface area contributed by atoms with Crippen LogP contribution in [0.4, 0.5) is 0 Å². The van der Waals surface area contributed by atoms with Gasteiger partial charge in [0.1, 0.15) is 0 Å². The number of carbonyl (C=O) groups is 1. The molecule has 0 radical (unpaired) electrons. The number of esters is 1. The van der Waals surface area contributed by atoms with E-state index in [2.05, 4.69) is 48.5 Å². The topological polar surface area (TPSA) is 26.3 Å². The Balaban J connectivity index is 5.36. The van der Waals surface area contributed by atoms with E-state index in [1.54, 1.807) is 0 Å². The molecule has 126 valence electrons. The lowest BCUT2D eigenvalue weighted by Crippen LogP contribution is -2.48. The summed E-state index contributed by atoms with van der Waals surface area (Å²) in [4.78, 5) is 12.9. The van der Waals surface area contributed by atoms with E-state index >= 15 is 0 Å². The molecule has 0 aromatic rings. The van der Waals surface area contributed by atoms with E-state index in [0.717, 1.165) is 19.3 Å². The Morgan fingerprint density at radius 2 is 1.48 bits per heavy atom. The standard InChI is InChI=1S/C18H38NO2/c1-11-12-17(5,6)18(7,13-16(2,3)4)15(20)21-14-19(8,9)10/h11-14H2,1-10H3/q+1.